The van der Waals surface area contributed by atoms with Crippen molar-refractivity contribution in [1.29, 1.82) is 0 Å². The van der Waals surface area contributed by atoms with Crippen molar-refractivity contribution >= 4 is 23.4 Å². The first-order valence-electron chi connectivity index (χ1n) is 5.19. The van der Waals surface area contributed by atoms with Crippen LogP contribution in [-0.4, -0.2) is 28.9 Å². The lowest BCUT2D eigenvalue weighted by Crippen LogP contribution is -2.34. The molecule has 1 aromatic carbocycles. The summed E-state index contributed by atoms with van der Waals surface area (Å²) < 4.78 is 13.4. The maximum Gasteiger partial charge on any atom is 0.270 e. The van der Waals surface area contributed by atoms with Crippen LogP contribution >= 0.6 is 11.8 Å². The monoisotopic (exact) mass is 272 g/mol. The molecule has 98 valence electrons. The van der Waals surface area contributed by atoms with Gasteiger partial charge < -0.3 is 5.32 Å². The highest BCUT2D eigenvalue weighted by atomic mass is 32.2. The molecule has 0 aliphatic rings. The summed E-state index contributed by atoms with van der Waals surface area (Å²) in [6, 6.07) is 2.76. The molecule has 0 fully saturated rings. The van der Waals surface area contributed by atoms with Crippen LogP contribution in [-0.2, 0) is 0 Å². The minimum atomic E-state index is -0.769. The number of non-ortho nitro benzene ring substituents is 1. The molecule has 1 amide bonds. The average molecular weight is 272 g/mol. The van der Waals surface area contributed by atoms with Crippen molar-refractivity contribution in [1.82, 2.24) is 5.32 Å². The third-order valence-electron chi connectivity index (χ3n) is 2.20. The number of rotatable bonds is 5. The Kier molecular flexibility index (Phi) is 5.08. The first kappa shape index (κ1) is 14.4. The number of carbonyl (C=O) groups excluding carboxylic acids is 1. The zero-order valence-corrected chi connectivity index (χ0v) is 10.8. The molecule has 0 bridgehead atoms. The highest BCUT2D eigenvalue weighted by molar-refractivity contribution is 7.98. The van der Waals surface area contributed by atoms with E-state index in [9.17, 15) is 19.3 Å². The van der Waals surface area contributed by atoms with Crippen LogP contribution in [0.3, 0.4) is 0 Å². The Bertz CT molecular complexity index is 468. The molecule has 0 aliphatic carbocycles. The molecule has 0 aliphatic heterocycles. The minimum Gasteiger partial charge on any atom is -0.349 e. The fraction of sp³-hybridized carbons (Fsp3) is 0.364. The Labute approximate surface area is 108 Å². The number of hydrogen-bond donors (Lipinski definition) is 1. The van der Waals surface area contributed by atoms with E-state index in [4.69, 9.17) is 0 Å². The molecule has 18 heavy (non-hydrogen) atoms. The molecule has 7 heteroatoms. The topological polar surface area (TPSA) is 72.2 Å². The first-order valence-corrected chi connectivity index (χ1v) is 6.58. The summed E-state index contributed by atoms with van der Waals surface area (Å²) in [6.07, 6.45) is 1.89. The van der Waals surface area contributed by atoms with Gasteiger partial charge in [0.05, 0.1) is 10.5 Å². The van der Waals surface area contributed by atoms with Gasteiger partial charge in [0.25, 0.3) is 11.6 Å². The molecule has 5 nitrogen and oxygen atoms in total. The number of hydrogen-bond acceptors (Lipinski definition) is 4. The Morgan fingerprint density at radius 1 is 1.61 bits per heavy atom. The van der Waals surface area contributed by atoms with Crippen LogP contribution in [0.4, 0.5) is 10.1 Å². The van der Waals surface area contributed by atoms with Crippen molar-refractivity contribution in [3.8, 4) is 0 Å². The summed E-state index contributed by atoms with van der Waals surface area (Å²) in [5.41, 5.74) is -0.615. The van der Waals surface area contributed by atoms with Gasteiger partial charge in [0.2, 0.25) is 0 Å². The second-order valence-corrected chi connectivity index (χ2v) is 4.66. The SMILES string of the molecule is CSCC(C)NC(=O)c1cc([N+](=O)[O-])ccc1F. The van der Waals surface area contributed by atoms with Crippen molar-refractivity contribution in [2.45, 2.75) is 13.0 Å². The van der Waals surface area contributed by atoms with Crippen molar-refractivity contribution in [2.24, 2.45) is 0 Å². The highest BCUT2D eigenvalue weighted by Gasteiger charge is 2.18. The molecule has 0 saturated heterocycles. The third kappa shape index (κ3) is 3.69. The molecular weight excluding hydrogens is 259 g/mol. The van der Waals surface area contributed by atoms with Crippen molar-refractivity contribution in [3.05, 3.63) is 39.7 Å². The number of amides is 1. The molecule has 0 spiro atoms. The maximum absolute atomic E-state index is 13.4. The number of nitrogens with one attached hydrogen (secondary N) is 1. The Balaban J connectivity index is 2.91. The van der Waals surface area contributed by atoms with Crippen LogP contribution in [0.15, 0.2) is 18.2 Å². The fourth-order valence-corrected chi connectivity index (χ4v) is 1.98. The fourth-order valence-electron chi connectivity index (χ4n) is 1.39. The van der Waals surface area contributed by atoms with Gasteiger partial charge in [-0.25, -0.2) is 4.39 Å². The molecule has 1 N–H and O–H groups in total. The van der Waals surface area contributed by atoms with E-state index in [2.05, 4.69) is 5.32 Å². The van der Waals surface area contributed by atoms with Crippen molar-refractivity contribution in [2.75, 3.05) is 12.0 Å². The van der Waals surface area contributed by atoms with E-state index in [0.717, 1.165) is 18.2 Å². The predicted molar refractivity (Wildman–Crippen MR) is 68.4 cm³/mol. The lowest BCUT2D eigenvalue weighted by atomic mass is 10.1. The van der Waals surface area contributed by atoms with E-state index in [0.29, 0.717) is 5.75 Å². The van der Waals surface area contributed by atoms with Gasteiger partial charge in [0.15, 0.2) is 0 Å². The van der Waals surface area contributed by atoms with Crippen LogP contribution < -0.4 is 5.32 Å². The number of nitro groups is 1. The summed E-state index contributed by atoms with van der Waals surface area (Å²) >= 11 is 1.54. The third-order valence-corrected chi connectivity index (χ3v) is 3.03. The molecule has 1 atom stereocenters. The van der Waals surface area contributed by atoms with Crippen molar-refractivity contribution in [3.63, 3.8) is 0 Å². The zero-order chi connectivity index (χ0) is 13.7. The van der Waals surface area contributed by atoms with Gasteiger partial charge in [0.1, 0.15) is 5.82 Å². The molecule has 0 radical (unpaired) electrons. The van der Waals surface area contributed by atoms with Crippen LogP contribution in [0.25, 0.3) is 0 Å². The largest absolute Gasteiger partial charge is 0.349 e. The van der Waals surface area contributed by atoms with Gasteiger partial charge in [0, 0.05) is 23.9 Å². The summed E-state index contributed by atoms with van der Waals surface area (Å²) in [5, 5.41) is 13.1. The van der Waals surface area contributed by atoms with E-state index in [1.807, 2.05) is 6.26 Å². The number of thioether (sulfide) groups is 1. The van der Waals surface area contributed by atoms with Crippen LogP contribution in [0, 0.1) is 15.9 Å². The maximum atomic E-state index is 13.4. The van der Waals surface area contributed by atoms with E-state index >= 15 is 0 Å². The highest BCUT2D eigenvalue weighted by Crippen LogP contribution is 2.17. The van der Waals surface area contributed by atoms with Crippen molar-refractivity contribution < 1.29 is 14.1 Å². The standard InChI is InChI=1S/C11H13FN2O3S/c1-7(6-18-2)13-11(15)9-5-8(14(16)17)3-4-10(9)12/h3-5,7H,6H2,1-2H3,(H,13,15). The number of nitro benzene ring substituents is 1. The van der Waals surface area contributed by atoms with E-state index < -0.39 is 16.6 Å². The zero-order valence-electron chi connectivity index (χ0n) is 9.97. The number of halogens is 1. The predicted octanol–water partition coefficient (Wildman–Crippen LogP) is 2.22. The van der Waals surface area contributed by atoms with Crippen LogP contribution in [0.5, 0.6) is 0 Å². The molecular formula is C11H13FN2O3S. The molecule has 1 aromatic rings. The average Bonchev–Trinajstić information content (AvgIpc) is 2.29. The normalized spacial score (nSPS) is 11.9. The molecule has 0 aromatic heterocycles. The first-order chi connectivity index (χ1) is 8.45. The van der Waals surface area contributed by atoms with E-state index in [1.165, 1.54) is 0 Å². The summed E-state index contributed by atoms with van der Waals surface area (Å²) in [6.45, 7) is 1.78. The Morgan fingerprint density at radius 3 is 2.83 bits per heavy atom. The Hall–Kier alpha value is -1.63. The molecule has 1 unspecified atom stereocenters. The Morgan fingerprint density at radius 2 is 2.28 bits per heavy atom. The van der Waals surface area contributed by atoms with Crippen LogP contribution in [0.2, 0.25) is 0 Å². The van der Waals surface area contributed by atoms with Gasteiger partial charge in [-0.2, -0.15) is 11.8 Å². The molecule has 1 rings (SSSR count). The van der Waals surface area contributed by atoms with E-state index in [1.54, 1.807) is 18.7 Å². The molecule has 0 saturated carbocycles. The summed E-state index contributed by atoms with van der Waals surface area (Å²) in [7, 11) is 0. The molecule has 0 heterocycles. The van der Waals surface area contributed by atoms with E-state index in [-0.39, 0.29) is 17.3 Å². The minimum absolute atomic E-state index is 0.133. The van der Waals surface area contributed by atoms with Gasteiger partial charge in [-0.1, -0.05) is 0 Å². The lowest BCUT2D eigenvalue weighted by Gasteiger charge is -2.12. The van der Waals surface area contributed by atoms with Gasteiger partial charge >= 0.3 is 0 Å². The smallest absolute Gasteiger partial charge is 0.270 e. The summed E-state index contributed by atoms with van der Waals surface area (Å²) in [5.74, 6) is -0.727. The summed E-state index contributed by atoms with van der Waals surface area (Å²) in [4.78, 5) is 21.6. The number of nitrogens with zero attached hydrogens (tertiary/aromatic N) is 1. The van der Waals surface area contributed by atoms with Gasteiger partial charge in [-0.05, 0) is 19.2 Å². The number of benzene rings is 1. The van der Waals surface area contributed by atoms with Crippen LogP contribution in [0.1, 0.15) is 17.3 Å². The number of carbonyl (C=O) groups is 1. The quantitative estimate of drug-likeness (QED) is 0.659. The van der Waals surface area contributed by atoms with Gasteiger partial charge in [-0.15, -0.1) is 0 Å². The lowest BCUT2D eigenvalue weighted by molar-refractivity contribution is -0.384. The second kappa shape index (κ2) is 6.34. The second-order valence-electron chi connectivity index (χ2n) is 3.75. The van der Waals surface area contributed by atoms with Gasteiger partial charge in [-0.3, -0.25) is 14.9 Å².